The summed E-state index contributed by atoms with van der Waals surface area (Å²) in [4.78, 5) is 0. The molecule has 0 aliphatic heterocycles. The second-order valence-corrected chi connectivity index (χ2v) is 4.91. The van der Waals surface area contributed by atoms with Gasteiger partial charge in [-0.15, -0.1) is 5.10 Å². The molecule has 2 aromatic rings. The summed E-state index contributed by atoms with van der Waals surface area (Å²) in [5, 5.41) is 14.9. The molecule has 19 heavy (non-hydrogen) atoms. The smallest absolute Gasteiger partial charge is 0.165 e. The molecule has 0 atom stereocenters. The average molecular weight is 263 g/mol. The maximum absolute atomic E-state index is 13.1. The monoisotopic (exact) mass is 263 g/mol. The van der Waals surface area contributed by atoms with E-state index in [1.54, 1.807) is 10.7 Å². The van der Waals surface area contributed by atoms with E-state index >= 15 is 0 Å². The zero-order chi connectivity index (χ0) is 13.7. The standard InChI is InChI=1S/C13H18FN5/c1-10(2)7-15-8-13-16-17-18-19(13)9-11-4-3-5-12(14)6-11/h3-6,10,15H,7-9H2,1-2H3. The van der Waals surface area contributed by atoms with Gasteiger partial charge in [-0.3, -0.25) is 0 Å². The van der Waals surface area contributed by atoms with Gasteiger partial charge in [0, 0.05) is 0 Å². The first-order valence-corrected chi connectivity index (χ1v) is 6.35. The van der Waals surface area contributed by atoms with Gasteiger partial charge < -0.3 is 5.32 Å². The molecule has 0 aliphatic rings. The molecule has 102 valence electrons. The number of hydrogen-bond donors (Lipinski definition) is 1. The minimum atomic E-state index is -0.245. The zero-order valence-electron chi connectivity index (χ0n) is 11.2. The third-order valence-corrected chi connectivity index (χ3v) is 2.66. The van der Waals surface area contributed by atoms with Gasteiger partial charge >= 0.3 is 0 Å². The maximum Gasteiger partial charge on any atom is 0.165 e. The summed E-state index contributed by atoms with van der Waals surface area (Å²) < 4.78 is 14.8. The fraction of sp³-hybridized carbons (Fsp3) is 0.462. The number of halogens is 1. The van der Waals surface area contributed by atoms with Gasteiger partial charge in [-0.05, 0) is 40.6 Å². The highest BCUT2D eigenvalue weighted by Crippen LogP contribution is 2.06. The van der Waals surface area contributed by atoms with Crippen LogP contribution in [0.25, 0.3) is 0 Å². The highest BCUT2D eigenvalue weighted by molar-refractivity contribution is 5.16. The van der Waals surface area contributed by atoms with Crippen LogP contribution < -0.4 is 5.32 Å². The van der Waals surface area contributed by atoms with Gasteiger partial charge in [-0.2, -0.15) is 0 Å². The summed E-state index contributed by atoms with van der Waals surface area (Å²) in [7, 11) is 0. The van der Waals surface area contributed by atoms with Crippen LogP contribution in [0.5, 0.6) is 0 Å². The molecule has 0 spiro atoms. The molecule has 0 saturated heterocycles. The van der Waals surface area contributed by atoms with E-state index in [0.29, 0.717) is 19.0 Å². The van der Waals surface area contributed by atoms with Crippen LogP contribution >= 0.6 is 0 Å². The van der Waals surface area contributed by atoms with Gasteiger partial charge in [0.15, 0.2) is 5.82 Å². The summed E-state index contributed by atoms with van der Waals surface area (Å²) in [5.41, 5.74) is 0.845. The molecule has 0 fully saturated rings. The zero-order valence-corrected chi connectivity index (χ0v) is 11.2. The summed E-state index contributed by atoms with van der Waals surface area (Å²) >= 11 is 0. The van der Waals surface area contributed by atoms with E-state index in [1.165, 1.54) is 12.1 Å². The lowest BCUT2D eigenvalue weighted by Gasteiger charge is -2.08. The first-order valence-electron chi connectivity index (χ1n) is 6.35. The number of nitrogens with one attached hydrogen (secondary N) is 1. The number of hydrogen-bond acceptors (Lipinski definition) is 4. The maximum atomic E-state index is 13.1. The fourth-order valence-corrected chi connectivity index (χ4v) is 1.75. The number of nitrogens with zero attached hydrogens (tertiary/aromatic N) is 4. The Labute approximate surface area is 111 Å². The van der Waals surface area contributed by atoms with Gasteiger partial charge in [-0.1, -0.05) is 26.0 Å². The Balaban J connectivity index is 1.99. The number of benzene rings is 1. The second kappa shape index (κ2) is 6.38. The lowest BCUT2D eigenvalue weighted by Crippen LogP contribution is -2.22. The van der Waals surface area contributed by atoms with Crippen molar-refractivity contribution in [2.45, 2.75) is 26.9 Å². The summed E-state index contributed by atoms with van der Waals surface area (Å²) in [6.07, 6.45) is 0. The highest BCUT2D eigenvalue weighted by Gasteiger charge is 2.07. The van der Waals surface area contributed by atoms with Gasteiger partial charge in [0.2, 0.25) is 0 Å². The number of aromatic nitrogens is 4. The molecule has 0 amide bonds. The molecular weight excluding hydrogens is 245 g/mol. The van der Waals surface area contributed by atoms with Crippen molar-refractivity contribution >= 4 is 0 Å². The SMILES string of the molecule is CC(C)CNCc1nnnn1Cc1cccc(F)c1. The summed E-state index contributed by atoms with van der Waals surface area (Å²) in [6, 6.07) is 6.46. The van der Waals surface area contributed by atoms with Crippen molar-refractivity contribution in [2.75, 3.05) is 6.54 Å². The van der Waals surface area contributed by atoms with E-state index in [2.05, 4.69) is 34.7 Å². The van der Waals surface area contributed by atoms with Crippen LogP contribution in [0.15, 0.2) is 24.3 Å². The van der Waals surface area contributed by atoms with Crippen LogP contribution in [0.3, 0.4) is 0 Å². The van der Waals surface area contributed by atoms with Crippen LogP contribution in [0.1, 0.15) is 25.2 Å². The quantitative estimate of drug-likeness (QED) is 0.860. The van der Waals surface area contributed by atoms with Crippen molar-refractivity contribution in [3.8, 4) is 0 Å². The van der Waals surface area contributed by atoms with E-state index < -0.39 is 0 Å². The lowest BCUT2D eigenvalue weighted by atomic mass is 10.2. The van der Waals surface area contributed by atoms with Crippen LogP contribution in [-0.2, 0) is 13.1 Å². The Morgan fingerprint density at radius 1 is 1.37 bits per heavy atom. The average Bonchev–Trinajstić information content (AvgIpc) is 2.76. The van der Waals surface area contributed by atoms with Crippen LogP contribution in [-0.4, -0.2) is 26.8 Å². The predicted octanol–water partition coefficient (Wildman–Crippen LogP) is 1.61. The molecule has 0 saturated carbocycles. The van der Waals surface area contributed by atoms with E-state index in [1.807, 2.05) is 6.07 Å². The van der Waals surface area contributed by atoms with Gasteiger partial charge in [0.1, 0.15) is 5.82 Å². The molecular formula is C13H18FN5. The molecule has 6 heteroatoms. The van der Waals surface area contributed by atoms with E-state index in [9.17, 15) is 4.39 Å². The molecule has 0 radical (unpaired) electrons. The molecule has 0 bridgehead atoms. The molecule has 1 heterocycles. The molecule has 0 unspecified atom stereocenters. The van der Waals surface area contributed by atoms with Crippen molar-refractivity contribution < 1.29 is 4.39 Å². The third kappa shape index (κ3) is 4.10. The van der Waals surface area contributed by atoms with Crippen molar-refractivity contribution in [2.24, 2.45) is 5.92 Å². The van der Waals surface area contributed by atoms with Crippen molar-refractivity contribution in [3.63, 3.8) is 0 Å². The summed E-state index contributed by atoms with van der Waals surface area (Å²) in [6.45, 7) is 6.28. The highest BCUT2D eigenvalue weighted by atomic mass is 19.1. The largest absolute Gasteiger partial charge is 0.310 e. The predicted molar refractivity (Wildman–Crippen MR) is 69.9 cm³/mol. The first-order chi connectivity index (χ1) is 9.15. The van der Waals surface area contributed by atoms with E-state index in [4.69, 9.17) is 0 Å². The van der Waals surface area contributed by atoms with Crippen LogP contribution in [0, 0.1) is 11.7 Å². The van der Waals surface area contributed by atoms with Crippen molar-refractivity contribution in [3.05, 3.63) is 41.5 Å². The Hall–Kier alpha value is -1.82. The first kappa shape index (κ1) is 13.6. The Kier molecular flexibility index (Phi) is 4.57. The Morgan fingerprint density at radius 2 is 2.21 bits per heavy atom. The topological polar surface area (TPSA) is 55.6 Å². The third-order valence-electron chi connectivity index (χ3n) is 2.66. The molecule has 1 aromatic heterocycles. The number of rotatable bonds is 6. The van der Waals surface area contributed by atoms with Crippen molar-refractivity contribution in [1.82, 2.24) is 25.5 Å². The van der Waals surface area contributed by atoms with Gasteiger partial charge in [0.05, 0.1) is 13.1 Å². The molecule has 2 rings (SSSR count). The Morgan fingerprint density at radius 3 is 2.95 bits per heavy atom. The minimum Gasteiger partial charge on any atom is -0.310 e. The normalized spacial score (nSPS) is 11.2. The van der Waals surface area contributed by atoms with Crippen LogP contribution in [0.2, 0.25) is 0 Å². The second-order valence-electron chi connectivity index (χ2n) is 4.91. The number of tetrazole rings is 1. The van der Waals surface area contributed by atoms with Crippen molar-refractivity contribution in [1.29, 1.82) is 0 Å². The Bertz CT molecular complexity index is 523. The molecule has 5 nitrogen and oxygen atoms in total. The van der Waals surface area contributed by atoms with E-state index in [0.717, 1.165) is 17.9 Å². The van der Waals surface area contributed by atoms with Gasteiger partial charge in [-0.25, -0.2) is 9.07 Å². The lowest BCUT2D eigenvalue weighted by molar-refractivity contribution is 0.522. The van der Waals surface area contributed by atoms with E-state index in [-0.39, 0.29) is 5.82 Å². The van der Waals surface area contributed by atoms with Crippen LogP contribution in [0.4, 0.5) is 4.39 Å². The summed E-state index contributed by atoms with van der Waals surface area (Å²) in [5.74, 6) is 1.09. The van der Waals surface area contributed by atoms with Gasteiger partial charge in [0.25, 0.3) is 0 Å². The fourth-order valence-electron chi connectivity index (χ4n) is 1.75. The molecule has 0 aliphatic carbocycles. The minimum absolute atomic E-state index is 0.245. The molecule has 1 aromatic carbocycles. The molecule has 1 N–H and O–H groups in total.